The summed E-state index contributed by atoms with van der Waals surface area (Å²) in [5, 5.41) is 25.0. The van der Waals surface area contributed by atoms with Gasteiger partial charge in [0.1, 0.15) is 5.75 Å². The van der Waals surface area contributed by atoms with E-state index >= 15 is 0 Å². The summed E-state index contributed by atoms with van der Waals surface area (Å²) >= 11 is 5.44. The number of benzene rings is 5. The summed E-state index contributed by atoms with van der Waals surface area (Å²) in [5.41, 5.74) is 4.71. The Morgan fingerprint density at radius 1 is 0.781 bits per heavy atom. The summed E-state index contributed by atoms with van der Waals surface area (Å²) in [4.78, 5) is 0. The van der Waals surface area contributed by atoms with Crippen LogP contribution in [0.5, 0.6) is 5.75 Å². The molecule has 0 aliphatic rings. The maximum atomic E-state index is 10.3. The van der Waals surface area contributed by atoms with Crippen LogP contribution in [0.4, 0.5) is 0 Å². The largest absolute Gasteiger partial charge is 0.507 e. The number of thiocarbonyl (C=S) groups is 1. The van der Waals surface area contributed by atoms with Crippen molar-refractivity contribution >= 4 is 55.9 Å². The van der Waals surface area contributed by atoms with E-state index in [-0.39, 0.29) is 5.75 Å². The first-order valence-electron chi connectivity index (χ1n) is 10.4. The van der Waals surface area contributed by atoms with Crippen LogP contribution in [-0.4, -0.2) is 16.4 Å². The molecule has 156 valence electrons. The van der Waals surface area contributed by atoms with Gasteiger partial charge in [0.15, 0.2) is 5.11 Å². The van der Waals surface area contributed by atoms with E-state index in [0.29, 0.717) is 17.2 Å². The molecular weight excluding hydrogens is 414 g/mol. The molecule has 0 amide bonds. The molecule has 0 radical (unpaired) electrons. The number of nitrogens with one attached hydrogen (secondary N) is 2. The van der Waals surface area contributed by atoms with Crippen LogP contribution in [0.25, 0.3) is 32.3 Å². The molecule has 0 spiro atoms. The van der Waals surface area contributed by atoms with Crippen molar-refractivity contribution in [2.24, 2.45) is 5.10 Å². The van der Waals surface area contributed by atoms with E-state index in [0.717, 1.165) is 10.8 Å². The Bertz CT molecular complexity index is 1440. The van der Waals surface area contributed by atoms with Crippen molar-refractivity contribution in [3.63, 3.8) is 0 Å². The first-order valence-corrected chi connectivity index (χ1v) is 10.8. The molecule has 0 aliphatic heterocycles. The second kappa shape index (κ2) is 8.65. The zero-order valence-electron chi connectivity index (χ0n) is 17.2. The lowest BCUT2D eigenvalue weighted by Gasteiger charge is -2.13. The normalized spacial score (nSPS) is 11.4. The minimum atomic E-state index is 0.176. The van der Waals surface area contributed by atoms with E-state index in [2.05, 4.69) is 70.4 Å². The van der Waals surface area contributed by atoms with Crippen LogP contribution in [-0.2, 0) is 6.54 Å². The molecule has 0 unspecified atom stereocenters. The van der Waals surface area contributed by atoms with Crippen LogP contribution >= 0.6 is 12.2 Å². The molecule has 4 nitrogen and oxygen atoms in total. The van der Waals surface area contributed by atoms with Crippen LogP contribution in [0.1, 0.15) is 11.1 Å². The van der Waals surface area contributed by atoms with Gasteiger partial charge in [0.05, 0.1) is 6.21 Å². The highest BCUT2D eigenvalue weighted by Gasteiger charge is 2.08. The highest BCUT2D eigenvalue weighted by atomic mass is 32.1. The molecule has 0 aliphatic carbocycles. The maximum absolute atomic E-state index is 10.3. The molecule has 0 fully saturated rings. The van der Waals surface area contributed by atoms with Crippen molar-refractivity contribution in [2.75, 3.05) is 0 Å². The molecule has 5 aromatic rings. The zero-order chi connectivity index (χ0) is 21.9. The molecular formula is C27H21N3OS. The second-order valence-corrected chi connectivity index (χ2v) is 7.98. The Labute approximate surface area is 191 Å². The minimum Gasteiger partial charge on any atom is -0.507 e. The lowest BCUT2D eigenvalue weighted by atomic mass is 9.97. The van der Waals surface area contributed by atoms with Crippen molar-refractivity contribution in [1.82, 2.24) is 10.7 Å². The summed E-state index contributed by atoms with van der Waals surface area (Å²) in [6.45, 7) is 0.572. The Balaban J connectivity index is 1.35. The van der Waals surface area contributed by atoms with Gasteiger partial charge in [-0.3, -0.25) is 5.43 Å². The number of hydrazone groups is 1. The third-order valence-corrected chi connectivity index (χ3v) is 5.85. The summed E-state index contributed by atoms with van der Waals surface area (Å²) in [7, 11) is 0. The monoisotopic (exact) mass is 435 g/mol. The van der Waals surface area contributed by atoms with Gasteiger partial charge < -0.3 is 10.4 Å². The molecule has 0 heterocycles. The van der Waals surface area contributed by atoms with Crippen molar-refractivity contribution in [1.29, 1.82) is 0 Å². The van der Waals surface area contributed by atoms with Gasteiger partial charge in [-0.25, -0.2) is 0 Å². The SMILES string of the molecule is Oc1ccc2ccccc2c1C=NNC(=S)NCc1c2ccccc2cc2ccccc12. The van der Waals surface area contributed by atoms with E-state index in [1.807, 2.05) is 30.3 Å². The van der Waals surface area contributed by atoms with E-state index in [4.69, 9.17) is 12.2 Å². The zero-order valence-corrected chi connectivity index (χ0v) is 18.1. The summed E-state index contributed by atoms with van der Waals surface area (Å²) in [6.07, 6.45) is 1.60. The molecule has 0 atom stereocenters. The molecule has 0 saturated heterocycles. The molecule has 32 heavy (non-hydrogen) atoms. The number of rotatable bonds is 4. The quantitative estimate of drug-likeness (QED) is 0.143. The highest BCUT2D eigenvalue weighted by molar-refractivity contribution is 7.80. The summed E-state index contributed by atoms with van der Waals surface area (Å²) in [5.74, 6) is 0.176. The van der Waals surface area contributed by atoms with Gasteiger partial charge in [-0.05, 0) is 62.2 Å². The van der Waals surface area contributed by atoms with Gasteiger partial charge >= 0.3 is 0 Å². The van der Waals surface area contributed by atoms with E-state index in [1.165, 1.54) is 27.1 Å². The van der Waals surface area contributed by atoms with Gasteiger partial charge in [0.25, 0.3) is 0 Å². The van der Waals surface area contributed by atoms with Gasteiger partial charge in [0.2, 0.25) is 0 Å². The molecule has 0 bridgehead atoms. The van der Waals surface area contributed by atoms with Crippen LogP contribution in [0.15, 0.2) is 96.1 Å². The van der Waals surface area contributed by atoms with Crippen molar-refractivity contribution < 1.29 is 5.11 Å². The summed E-state index contributed by atoms with van der Waals surface area (Å²) < 4.78 is 0. The number of fused-ring (bicyclic) bond motifs is 3. The summed E-state index contributed by atoms with van der Waals surface area (Å²) in [6, 6.07) is 30.4. The first kappa shape index (κ1) is 20.0. The van der Waals surface area contributed by atoms with E-state index in [9.17, 15) is 5.11 Å². The number of hydrogen-bond donors (Lipinski definition) is 3. The number of phenolic OH excluding ortho intramolecular Hbond substituents is 1. The molecule has 5 heteroatoms. The van der Waals surface area contributed by atoms with Crippen LogP contribution in [0.3, 0.4) is 0 Å². The predicted octanol–water partition coefficient (Wildman–Crippen LogP) is 5.85. The fourth-order valence-electron chi connectivity index (χ4n) is 4.08. The maximum Gasteiger partial charge on any atom is 0.187 e. The Morgan fingerprint density at radius 2 is 1.38 bits per heavy atom. The molecule has 3 N–H and O–H groups in total. The topological polar surface area (TPSA) is 56.7 Å². The predicted molar refractivity (Wildman–Crippen MR) is 137 cm³/mol. The Hall–Kier alpha value is -3.96. The number of phenols is 1. The highest BCUT2D eigenvalue weighted by Crippen LogP contribution is 2.28. The molecule has 0 aromatic heterocycles. The smallest absolute Gasteiger partial charge is 0.187 e. The fraction of sp³-hybridized carbons (Fsp3) is 0.0370. The minimum absolute atomic E-state index is 0.176. The standard InChI is InChI=1S/C27H21N3OS/c31-26-14-13-18-7-1-4-10-21(18)25(26)17-29-30-27(32)28-16-24-22-11-5-2-8-19(22)15-20-9-3-6-12-23(20)24/h1-15,17,31H,16H2,(H2,28,30,32). The molecule has 5 rings (SSSR count). The third-order valence-electron chi connectivity index (χ3n) is 5.62. The van der Waals surface area contributed by atoms with Gasteiger partial charge in [-0.15, -0.1) is 0 Å². The Morgan fingerprint density at radius 3 is 2.06 bits per heavy atom. The van der Waals surface area contributed by atoms with E-state index in [1.54, 1.807) is 12.3 Å². The number of aromatic hydroxyl groups is 1. The van der Waals surface area contributed by atoms with Gasteiger partial charge in [-0.1, -0.05) is 78.9 Å². The third kappa shape index (κ3) is 3.86. The second-order valence-electron chi connectivity index (χ2n) is 7.57. The van der Waals surface area contributed by atoms with Crippen LogP contribution in [0.2, 0.25) is 0 Å². The number of hydrogen-bond acceptors (Lipinski definition) is 3. The molecule has 0 saturated carbocycles. The molecule has 5 aromatic carbocycles. The fourth-order valence-corrected chi connectivity index (χ4v) is 4.21. The lowest BCUT2D eigenvalue weighted by molar-refractivity contribution is 0.475. The Kier molecular flexibility index (Phi) is 5.40. The average molecular weight is 436 g/mol. The van der Waals surface area contributed by atoms with Crippen molar-refractivity contribution in [3.8, 4) is 5.75 Å². The van der Waals surface area contributed by atoms with E-state index < -0.39 is 0 Å². The first-order chi connectivity index (χ1) is 15.7. The van der Waals surface area contributed by atoms with Crippen molar-refractivity contribution in [2.45, 2.75) is 6.54 Å². The van der Waals surface area contributed by atoms with Gasteiger partial charge in [0, 0.05) is 12.1 Å². The van der Waals surface area contributed by atoms with Gasteiger partial charge in [-0.2, -0.15) is 5.10 Å². The lowest BCUT2D eigenvalue weighted by Crippen LogP contribution is -2.31. The van der Waals surface area contributed by atoms with Crippen LogP contribution < -0.4 is 10.7 Å². The van der Waals surface area contributed by atoms with Crippen LogP contribution in [0, 0.1) is 0 Å². The average Bonchev–Trinajstić information content (AvgIpc) is 2.83. The van der Waals surface area contributed by atoms with Crippen molar-refractivity contribution in [3.05, 3.63) is 102 Å². The number of nitrogens with zero attached hydrogens (tertiary/aromatic N) is 1.